The number of hydrogen-bond donors (Lipinski definition) is 0. The Labute approximate surface area is 358 Å². The first kappa shape index (κ1) is 35.5. The van der Waals surface area contributed by atoms with E-state index >= 15 is 0 Å². The van der Waals surface area contributed by atoms with Gasteiger partial charge in [0.05, 0.1) is 33.4 Å². The molecule has 3 aromatic heterocycles. The SMILES string of the molecule is c1ccc(-c2nc(-c3ccccc3)nc(-c3cc(-n4c5ccccc5c5ccccc54)c(-c4ccccc4)c(-n4c5ccccc5c5ccccc54)c3-c3ccccc3)n2)cc1. The van der Waals surface area contributed by atoms with Crippen LogP contribution in [0.5, 0.6) is 0 Å². The van der Waals surface area contributed by atoms with Gasteiger partial charge < -0.3 is 9.13 Å². The van der Waals surface area contributed by atoms with Crippen molar-refractivity contribution >= 4 is 43.6 Å². The third kappa shape index (κ3) is 5.75. The largest absolute Gasteiger partial charge is 0.309 e. The number of para-hydroxylation sites is 4. The molecule has 62 heavy (non-hydrogen) atoms. The average molecular weight is 792 g/mol. The maximum Gasteiger partial charge on any atom is 0.164 e. The van der Waals surface area contributed by atoms with Crippen molar-refractivity contribution in [1.82, 2.24) is 24.1 Å². The first-order valence-electron chi connectivity index (χ1n) is 21.0. The summed E-state index contributed by atoms with van der Waals surface area (Å²) in [6.07, 6.45) is 0. The molecule has 0 atom stereocenters. The predicted octanol–water partition coefficient (Wildman–Crippen LogP) is 14.4. The molecule has 0 fully saturated rings. The number of rotatable bonds is 7. The molecule has 290 valence electrons. The predicted molar refractivity (Wildman–Crippen MR) is 256 cm³/mol. The van der Waals surface area contributed by atoms with E-state index in [9.17, 15) is 0 Å². The van der Waals surface area contributed by atoms with Gasteiger partial charge >= 0.3 is 0 Å². The monoisotopic (exact) mass is 791 g/mol. The number of hydrogen-bond acceptors (Lipinski definition) is 3. The van der Waals surface area contributed by atoms with Crippen molar-refractivity contribution in [3.8, 4) is 67.8 Å². The van der Waals surface area contributed by atoms with E-state index in [1.807, 2.05) is 36.4 Å². The van der Waals surface area contributed by atoms with Crippen LogP contribution in [0.3, 0.4) is 0 Å². The van der Waals surface area contributed by atoms with Crippen LogP contribution in [0.2, 0.25) is 0 Å². The molecule has 0 N–H and O–H groups in total. The molecule has 9 aromatic carbocycles. The highest BCUT2D eigenvalue weighted by atomic mass is 15.1. The molecule has 5 heteroatoms. The van der Waals surface area contributed by atoms with Gasteiger partial charge in [-0.1, -0.05) is 194 Å². The van der Waals surface area contributed by atoms with E-state index in [4.69, 9.17) is 15.0 Å². The van der Waals surface area contributed by atoms with Crippen molar-refractivity contribution in [1.29, 1.82) is 0 Å². The molecule has 5 nitrogen and oxygen atoms in total. The fourth-order valence-electron chi connectivity index (χ4n) is 9.29. The van der Waals surface area contributed by atoms with Crippen LogP contribution in [0, 0.1) is 0 Å². The summed E-state index contributed by atoms with van der Waals surface area (Å²) in [5.74, 6) is 1.80. The van der Waals surface area contributed by atoms with Crippen molar-refractivity contribution in [2.24, 2.45) is 0 Å². The molecule has 0 saturated carbocycles. The molecule has 0 saturated heterocycles. The minimum atomic E-state index is 0.584. The molecule has 0 bridgehead atoms. The van der Waals surface area contributed by atoms with Crippen LogP contribution in [-0.2, 0) is 0 Å². The van der Waals surface area contributed by atoms with Gasteiger partial charge in [0.25, 0.3) is 0 Å². The van der Waals surface area contributed by atoms with Crippen LogP contribution in [0.15, 0.2) is 224 Å². The Morgan fingerprint density at radius 1 is 0.274 bits per heavy atom. The Hall–Kier alpha value is -8.41. The van der Waals surface area contributed by atoms with Crippen molar-refractivity contribution in [3.63, 3.8) is 0 Å². The molecule has 0 aliphatic heterocycles. The zero-order chi connectivity index (χ0) is 41.0. The summed E-state index contributed by atoms with van der Waals surface area (Å²) in [7, 11) is 0. The third-order valence-corrected chi connectivity index (χ3v) is 12.0. The lowest BCUT2D eigenvalue weighted by Gasteiger charge is -2.26. The minimum Gasteiger partial charge on any atom is -0.309 e. The quantitative estimate of drug-likeness (QED) is 0.162. The van der Waals surface area contributed by atoms with Gasteiger partial charge in [0.1, 0.15) is 0 Å². The highest BCUT2D eigenvalue weighted by molar-refractivity contribution is 6.14. The summed E-state index contributed by atoms with van der Waals surface area (Å²) in [5, 5.41) is 4.74. The van der Waals surface area contributed by atoms with Gasteiger partial charge in [-0.25, -0.2) is 15.0 Å². The Kier molecular flexibility index (Phi) is 8.42. The van der Waals surface area contributed by atoms with Gasteiger partial charge in [-0.3, -0.25) is 0 Å². The molecular formula is C57H37N5. The van der Waals surface area contributed by atoms with Crippen molar-refractivity contribution in [2.45, 2.75) is 0 Å². The fraction of sp³-hybridized carbons (Fsp3) is 0. The molecule has 12 aromatic rings. The summed E-state index contributed by atoms with van der Waals surface area (Å²) >= 11 is 0. The molecule has 0 amide bonds. The van der Waals surface area contributed by atoms with E-state index in [2.05, 4.69) is 197 Å². The summed E-state index contributed by atoms with van der Waals surface area (Å²) < 4.78 is 4.92. The van der Waals surface area contributed by atoms with E-state index in [-0.39, 0.29) is 0 Å². The zero-order valence-electron chi connectivity index (χ0n) is 33.6. The molecule has 0 aliphatic carbocycles. The van der Waals surface area contributed by atoms with Crippen LogP contribution >= 0.6 is 0 Å². The molecule has 0 radical (unpaired) electrons. The highest BCUT2D eigenvalue weighted by Crippen LogP contribution is 2.49. The lowest BCUT2D eigenvalue weighted by atomic mass is 9.89. The minimum absolute atomic E-state index is 0.584. The summed E-state index contributed by atoms with van der Waals surface area (Å²) in [4.78, 5) is 16.0. The second-order valence-corrected chi connectivity index (χ2v) is 15.6. The van der Waals surface area contributed by atoms with Crippen molar-refractivity contribution in [2.75, 3.05) is 0 Å². The van der Waals surface area contributed by atoms with E-state index in [1.165, 1.54) is 21.5 Å². The summed E-state index contributed by atoms with van der Waals surface area (Å²) in [5.41, 5.74) is 13.5. The second kappa shape index (κ2) is 14.7. The topological polar surface area (TPSA) is 48.5 Å². The molecule has 0 unspecified atom stereocenters. The second-order valence-electron chi connectivity index (χ2n) is 15.6. The van der Waals surface area contributed by atoms with Gasteiger partial charge in [-0.05, 0) is 41.5 Å². The fourth-order valence-corrected chi connectivity index (χ4v) is 9.29. The van der Waals surface area contributed by atoms with Crippen molar-refractivity contribution in [3.05, 3.63) is 224 Å². The Morgan fingerprint density at radius 3 is 1.02 bits per heavy atom. The van der Waals surface area contributed by atoms with Crippen LogP contribution in [0.25, 0.3) is 111 Å². The highest BCUT2D eigenvalue weighted by Gasteiger charge is 2.29. The number of nitrogens with zero attached hydrogens (tertiary/aromatic N) is 5. The van der Waals surface area contributed by atoms with Crippen LogP contribution < -0.4 is 0 Å². The first-order valence-corrected chi connectivity index (χ1v) is 21.0. The van der Waals surface area contributed by atoms with Gasteiger partial charge in [-0.2, -0.15) is 0 Å². The smallest absolute Gasteiger partial charge is 0.164 e. The number of aromatic nitrogens is 5. The van der Waals surface area contributed by atoms with Crippen molar-refractivity contribution < 1.29 is 0 Å². The average Bonchev–Trinajstić information content (AvgIpc) is 3.87. The van der Waals surface area contributed by atoms with Crippen LogP contribution in [0.1, 0.15) is 0 Å². The lowest BCUT2D eigenvalue weighted by Crippen LogP contribution is -2.09. The van der Waals surface area contributed by atoms with Gasteiger partial charge in [0.2, 0.25) is 0 Å². The standard InChI is InChI=1S/C57H37N5/c1-5-21-38(22-6-1)52-46(57-59-55(40-25-9-3-10-26-40)58-56(60-57)41-27-11-4-12-28-41)37-51(61-47-33-17-13-29-42(47)43-30-14-18-34-48(43)61)53(39-23-7-2-8-24-39)54(52)62-49-35-19-15-31-44(49)45-32-16-20-36-50(45)62/h1-37H. The molecule has 0 spiro atoms. The lowest BCUT2D eigenvalue weighted by molar-refractivity contribution is 1.07. The van der Waals surface area contributed by atoms with Crippen LogP contribution in [0.4, 0.5) is 0 Å². The maximum absolute atomic E-state index is 5.44. The maximum atomic E-state index is 5.44. The Morgan fingerprint density at radius 2 is 0.597 bits per heavy atom. The third-order valence-electron chi connectivity index (χ3n) is 12.0. The molecule has 12 rings (SSSR count). The van der Waals surface area contributed by atoms with Gasteiger partial charge in [0.15, 0.2) is 17.5 Å². The Bertz CT molecular complexity index is 3450. The number of benzene rings is 9. The number of fused-ring (bicyclic) bond motifs is 6. The molecular weight excluding hydrogens is 755 g/mol. The summed E-state index contributed by atoms with van der Waals surface area (Å²) in [6, 6.07) is 79.4. The van der Waals surface area contributed by atoms with Crippen LogP contribution in [-0.4, -0.2) is 24.1 Å². The van der Waals surface area contributed by atoms with Gasteiger partial charge in [-0.15, -0.1) is 0 Å². The molecule has 3 heterocycles. The Balaban J connectivity index is 1.35. The van der Waals surface area contributed by atoms with Gasteiger partial charge in [0, 0.05) is 49.4 Å². The van der Waals surface area contributed by atoms with E-state index in [0.717, 1.165) is 72.4 Å². The summed E-state index contributed by atoms with van der Waals surface area (Å²) in [6.45, 7) is 0. The van der Waals surface area contributed by atoms with E-state index in [0.29, 0.717) is 17.5 Å². The van der Waals surface area contributed by atoms with E-state index in [1.54, 1.807) is 0 Å². The van der Waals surface area contributed by atoms with E-state index < -0.39 is 0 Å². The normalized spacial score (nSPS) is 11.5. The first-order chi connectivity index (χ1) is 30.8. The molecule has 0 aliphatic rings. The zero-order valence-corrected chi connectivity index (χ0v) is 33.6.